The van der Waals surface area contributed by atoms with Crippen molar-refractivity contribution in [2.45, 2.75) is 0 Å². The third kappa shape index (κ3) is 1.54. The summed E-state index contributed by atoms with van der Waals surface area (Å²) < 4.78 is 24.1. The van der Waals surface area contributed by atoms with Crippen molar-refractivity contribution in [2.75, 3.05) is 12.5 Å². The van der Waals surface area contributed by atoms with Crippen LogP contribution in [-0.2, 0) is 0 Å². The minimum absolute atomic E-state index is 0.149. The Kier molecular flexibility index (Phi) is 2.07. The number of ether oxygens (including phenoxy) is 2. The fourth-order valence-corrected chi connectivity index (χ4v) is 1.63. The van der Waals surface area contributed by atoms with E-state index in [-0.39, 0.29) is 18.3 Å². The van der Waals surface area contributed by atoms with Gasteiger partial charge in [0.2, 0.25) is 6.79 Å². The first-order chi connectivity index (χ1) is 8.25. The largest absolute Gasteiger partial charge is 0.454 e. The number of nitrogens with zero attached hydrogens (tertiary/aromatic N) is 2. The molecule has 1 aromatic carbocycles. The first kappa shape index (κ1) is 9.83. The van der Waals surface area contributed by atoms with E-state index in [4.69, 9.17) is 15.2 Å². The zero-order valence-corrected chi connectivity index (χ0v) is 8.68. The first-order valence-corrected chi connectivity index (χ1v) is 4.91. The summed E-state index contributed by atoms with van der Waals surface area (Å²) in [5, 5.41) is 0. The zero-order valence-electron chi connectivity index (χ0n) is 8.68. The van der Waals surface area contributed by atoms with Crippen LogP contribution in [-0.4, -0.2) is 16.8 Å². The maximum Gasteiger partial charge on any atom is 0.231 e. The maximum atomic E-state index is 13.7. The van der Waals surface area contributed by atoms with Crippen molar-refractivity contribution < 1.29 is 13.9 Å². The molecule has 0 spiro atoms. The van der Waals surface area contributed by atoms with E-state index < -0.39 is 5.82 Å². The van der Waals surface area contributed by atoms with E-state index in [1.807, 2.05) is 0 Å². The quantitative estimate of drug-likeness (QED) is 0.809. The lowest BCUT2D eigenvalue weighted by Crippen LogP contribution is -1.99. The third-order valence-electron chi connectivity index (χ3n) is 2.46. The smallest absolute Gasteiger partial charge is 0.231 e. The third-order valence-corrected chi connectivity index (χ3v) is 2.46. The van der Waals surface area contributed by atoms with Gasteiger partial charge in [0, 0.05) is 5.56 Å². The van der Waals surface area contributed by atoms with Crippen LogP contribution in [0.4, 0.5) is 10.2 Å². The maximum absolute atomic E-state index is 13.7. The molecular weight excluding hydrogens is 225 g/mol. The molecular formula is C11H8FN3O2. The topological polar surface area (TPSA) is 70.3 Å². The summed E-state index contributed by atoms with van der Waals surface area (Å²) in [4.78, 5) is 7.45. The van der Waals surface area contributed by atoms with Crippen molar-refractivity contribution in [2.24, 2.45) is 0 Å². The van der Waals surface area contributed by atoms with Gasteiger partial charge in [0.25, 0.3) is 0 Å². The summed E-state index contributed by atoms with van der Waals surface area (Å²) in [6.07, 6.45) is 1.22. The molecule has 0 atom stereocenters. The molecule has 0 aliphatic carbocycles. The highest BCUT2D eigenvalue weighted by molar-refractivity contribution is 5.66. The van der Waals surface area contributed by atoms with Crippen molar-refractivity contribution in [3.63, 3.8) is 0 Å². The number of hydrogen-bond donors (Lipinski definition) is 1. The number of rotatable bonds is 1. The van der Waals surface area contributed by atoms with Crippen LogP contribution >= 0.6 is 0 Å². The molecule has 0 fully saturated rings. The molecule has 0 unspecified atom stereocenters. The van der Waals surface area contributed by atoms with E-state index in [0.717, 1.165) is 0 Å². The van der Waals surface area contributed by atoms with Crippen LogP contribution in [0, 0.1) is 5.82 Å². The number of aromatic nitrogens is 2. The van der Waals surface area contributed by atoms with Crippen LogP contribution in [0.5, 0.6) is 11.5 Å². The molecule has 1 aliphatic heterocycles. The van der Waals surface area contributed by atoms with Crippen LogP contribution in [0.15, 0.2) is 24.5 Å². The molecule has 0 saturated heterocycles. The van der Waals surface area contributed by atoms with Gasteiger partial charge in [-0.05, 0) is 18.2 Å². The number of anilines is 1. The highest BCUT2D eigenvalue weighted by Gasteiger charge is 2.17. The molecule has 1 aromatic heterocycles. The highest BCUT2D eigenvalue weighted by Crippen LogP contribution is 2.36. The number of benzene rings is 1. The summed E-state index contributed by atoms with van der Waals surface area (Å²) in [5.41, 5.74) is 6.11. The molecule has 0 radical (unpaired) electrons. The van der Waals surface area contributed by atoms with Crippen LogP contribution < -0.4 is 15.2 Å². The average molecular weight is 233 g/mol. The summed E-state index contributed by atoms with van der Waals surface area (Å²) in [6, 6.07) is 5.06. The van der Waals surface area contributed by atoms with Gasteiger partial charge in [-0.2, -0.15) is 0 Å². The molecule has 2 heterocycles. The molecule has 86 valence electrons. The Balaban J connectivity index is 2.13. The summed E-state index contributed by atoms with van der Waals surface area (Å²) in [7, 11) is 0. The second kappa shape index (κ2) is 3.58. The Morgan fingerprint density at radius 3 is 2.88 bits per heavy atom. The molecule has 5 nitrogen and oxygen atoms in total. The van der Waals surface area contributed by atoms with Crippen LogP contribution in [0.25, 0.3) is 11.3 Å². The minimum Gasteiger partial charge on any atom is -0.454 e. The number of fused-ring (bicyclic) bond motifs is 1. The van der Waals surface area contributed by atoms with Crippen LogP contribution in [0.2, 0.25) is 0 Å². The van der Waals surface area contributed by atoms with E-state index in [9.17, 15) is 4.39 Å². The molecule has 0 bridgehead atoms. The lowest BCUT2D eigenvalue weighted by atomic mass is 10.1. The Bertz CT molecular complexity index is 589. The van der Waals surface area contributed by atoms with Crippen LogP contribution in [0.3, 0.4) is 0 Å². The number of nitrogens with two attached hydrogens (primary N) is 1. The molecule has 1 aliphatic rings. The predicted octanol–water partition coefficient (Wildman–Crippen LogP) is 1.59. The van der Waals surface area contributed by atoms with Gasteiger partial charge in [-0.1, -0.05) is 0 Å². The SMILES string of the molecule is Nc1ncnc(-c2ccc3c(c2)OCO3)c1F. The molecule has 0 amide bonds. The zero-order chi connectivity index (χ0) is 11.8. The number of halogens is 1. The van der Waals surface area contributed by atoms with Crippen molar-refractivity contribution >= 4 is 5.82 Å². The first-order valence-electron chi connectivity index (χ1n) is 4.91. The Morgan fingerprint density at radius 2 is 2.00 bits per heavy atom. The van der Waals surface area contributed by atoms with E-state index in [2.05, 4.69) is 9.97 Å². The van der Waals surface area contributed by atoms with E-state index >= 15 is 0 Å². The van der Waals surface area contributed by atoms with E-state index in [0.29, 0.717) is 17.1 Å². The molecule has 3 rings (SSSR count). The summed E-state index contributed by atoms with van der Waals surface area (Å²) in [6.45, 7) is 0.174. The highest BCUT2D eigenvalue weighted by atomic mass is 19.1. The van der Waals surface area contributed by atoms with Gasteiger partial charge in [0.05, 0.1) is 0 Å². The average Bonchev–Trinajstić information content (AvgIpc) is 2.79. The normalized spacial score (nSPS) is 12.8. The standard InChI is InChI=1S/C11H8FN3O2/c12-9-10(14-4-15-11(9)13)6-1-2-7-8(3-6)17-5-16-7/h1-4H,5H2,(H2,13,14,15). The van der Waals surface area contributed by atoms with Gasteiger partial charge < -0.3 is 15.2 Å². The van der Waals surface area contributed by atoms with Crippen molar-refractivity contribution in [3.8, 4) is 22.8 Å². The Morgan fingerprint density at radius 1 is 1.18 bits per heavy atom. The Labute approximate surface area is 96.0 Å². The molecule has 0 saturated carbocycles. The van der Waals surface area contributed by atoms with Gasteiger partial charge in [0.15, 0.2) is 23.1 Å². The van der Waals surface area contributed by atoms with E-state index in [1.165, 1.54) is 6.33 Å². The molecule has 2 aromatic rings. The summed E-state index contributed by atoms with van der Waals surface area (Å²) in [5.74, 6) is 0.398. The number of nitrogen functional groups attached to an aromatic ring is 1. The fraction of sp³-hybridized carbons (Fsp3) is 0.0909. The van der Waals surface area contributed by atoms with Gasteiger partial charge >= 0.3 is 0 Å². The monoisotopic (exact) mass is 233 g/mol. The van der Waals surface area contributed by atoms with E-state index in [1.54, 1.807) is 18.2 Å². The van der Waals surface area contributed by atoms with Crippen LogP contribution in [0.1, 0.15) is 0 Å². The van der Waals surface area contributed by atoms with Gasteiger partial charge in [-0.15, -0.1) is 0 Å². The molecule has 17 heavy (non-hydrogen) atoms. The second-order valence-electron chi connectivity index (χ2n) is 3.49. The lowest BCUT2D eigenvalue weighted by molar-refractivity contribution is 0.174. The second-order valence-corrected chi connectivity index (χ2v) is 3.49. The minimum atomic E-state index is -0.633. The van der Waals surface area contributed by atoms with Crippen molar-refractivity contribution in [1.29, 1.82) is 0 Å². The van der Waals surface area contributed by atoms with Gasteiger partial charge in [0.1, 0.15) is 12.0 Å². The summed E-state index contributed by atoms with van der Waals surface area (Å²) >= 11 is 0. The van der Waals surface area contributed by atoms with Crippen molar-refractivity contribution in [3.05, 3.63) is 30.3 Å². The molecule has 2 N–H and O–H groups in total. The fourth-order valence-electron chi connectivity index (χ4n) is 1.63. The Hall–Kier alpha value is -2.37. The lowest BCUT2D eigenvalue weighted by Gasteiger charge is -2.04. The molecule has 6 heteroatoms. The number of hydrogen-bond acceptors (Lipinski definition) is 5. The van der Waals surface area contributed by atoms with Crippen molar-refractivity contribution in [1.82, 2.24) is 9.97 Å². The van der Waals surface area contributed by atoms with Gasteiger partial charge in [-0.25, -0.2) is 14.4 Å². The predicted molar refractivity (Wildman–Crippen MR) is 58.0 cm³/mol. The van der Waals surface area contributed by atoms with Gasteiger partial charge in [-0.3, -0.25) is 0 Å².